The molecule has 0 atom stereocenters. The molecule has 23 heavy (non-hydrogen) atoms. The SMILES string of the molecule is O=C(NCC=Cc1ccccc1[N+](=O)[O-])OCc1ccccc1. The molecule has 1 N–H and O–H groups in total. The number of hydrogen-bond donors (Lipinski definition) is 1. The maximum Gasteiger partial charge on any atom is 0.407 e. The molecule has 0 spiro atoms. The molecule has 0 aliphatic rings. The molecule has 1 amide bonds. The summed E-state index contributed by atoms with van der Waals surface area (Å²) in [5.41, 5.74) is 1.41. The summed E-state index contributed by atoms with van der Waals surface area (Å²) in [5, 5.41) is 13.4. The third-order valence-corrected chi connectivity index (χ3v) is 3.01. The molecule has 0 bridgehead atoms. The minimum atomic E-state index is -0.541. The molecule has 0 aromatic heterocycles. The maximum absolute atomic E-state index is 11.5. The van der Waals surface area contributed by atoms with Crippen LogP contribution in [0.5, 0.6) is 0 Å². The molecule has 118 valence electrons. The van der Waals surface area contributed by atoms with Crippen LogP contribution in [0, 0.1) is 10.1 Å². The second-order valence-electron chi connectivity index (χ2n) is 4.66. The van der Waals surface area contributed by atoms with Gasteiger partial charge in [0.2, 0.25) is 0 Å². The summed E-state index contributed by atoms with van der Waals surface area (Å²) < 4.78 is 5.05. The van der Waals surface area contributed by atoms with Gasteiger partial charge in [0.1, 0.15) is 6.61 Å². The Hall–Kier alpha value is -3.15. The summed E-state index contributed by atoms with van der Waals surface area (Å²) in [5.74, 6) is 0. The minimum absolute atomic E-state index is 0.0235. The molecule has 0 unspecified atom stereocenters. The summed E-state index contributed by atoms with van der Waals surface area (Å²) >= 11 is 0. The van der Waals surface area contributed by atoms with E-state index < -0.39 is 11.0 Å². The highest BCUT2D eigenvalue weighted by Gasteiger charge is 2.08. The van der Waals surface area contributed by atoms with Crippen LogP contribution in [-0.4, -0.2) is 17.6 Å². The number of nitro benzene ring substituents is 1. The lowest BCUT2D eigenvalue weighted by Crippen LogP contribution is -2.24. The van der Waals surface area contributed by atoms with Gasteiger partial charge in [-0.25, -0.2) is 4.79 Å². The quantitative estimate of drug-likeness (QED) is 0.653. The standard InChI is InChI=1S/C17H16N2O4/c20-17(23-13-14-7-2-1-3-8-14)18-12-6-10-15-9-4-5-11-16(15)19(21)22/h1-11H,12-13H2,(H,18,20). The molecule has 6 nitrogen and oxygen atoms in total. The molecule has 6 heteroatoms. The molecule has 0 heterocycles. The fraction of sp³-hybridized carbons (Fsp3) is 0.118. The van der Waals surface area contributed by atoms with Crippen LogP contribution in [0.1, 0.15) is 11.1 Å². The van der Waals surface area contributed by atoms with E-state index in [2.05, 4.69) is 5.32 Å². The molecule has 0 saturated carbocycles. The molecule has 0 radical (unpaired) electrons. The summed E-state index contributed by atoms with van der Waals surface area (Å²) in [7, 11) is 0. The third kappa shape index (κ3) is 5.28. The highest BCUT2D eigenvalue weighted by molar-refractivity contribution is 5.68. The van der Waals surface area contributed by atoms with E-state index >= 15 is 0 Å². The average Bonchev–Trinajstić information content (AvgIpc) is 2.58. The Bertz CT molecular complexity index is 699. The van der Waals surface area contributed by atoms with Crippen LogP contribution in [0.3, 0.4) is 0 Å². The minimum Gasteiger partial charge on any atom is -0.445 e. The van der Waals surface area contributed by atoms with Crippen LogP contribution in [0.2, 0.25) is 0 Å². The first-order chi connectivity index (χ1) is 11.2. The molecule has 0 aliphatic carbocycles. The Morgan fingerprint density at radius 2 is 1.83 bits per heavy atom. The number of hydrogen-bond acceptors (Lipinski definition) is 4. The number of amides is 1. The number of nitrogens with zero attached hydrogens (tertiary/aromatic N) is 1. The van der Waals surface area contributed by atoms with E-state index in [1.807, 2.05) is 30.3 Å². The number of alkyl carbamates (subject to hydrolysis) is 1. The zero-order valence-electron chi connectivity index (χ0n) is 12.3. The Labute approximate surface area is 133 Å². The van der Waals surface area contributed by atoms with Gasteiger partial charge >= 0.3 is 6.09 Å². The van der Waals surface area contributed by atoms with Gasteiger partial charge < -0.3 is 10.1 Å². The van der Waals surface area contributed by atoms with E-state index in [0.29, 0.717) is 5.56 Å². The van der Waals surface area contributed by atoms with E-state index in [9.17, 15) is 14.9 Å². The van der Waals surface area contributed by atoms with Crippen LogP contribution < -0.4 is 5.32 Å². The fourth-order valence-electron chi connectivity index (χ4n) is 1.90. The van der Waals surface area contributed by atoms with Crippen molar-refractivity contribution < 1.29 is 14.5 Å². The second-order valence-corrected chi connectivity index (χ2v) is 4.66. The van der Waals surface area contributed by atoms with Crippen molar-refractivity contribution in [3.63, 3.8) is 0 Å². The van der Waals surface area contributed by atoms with Crippen molar-refractivity contribution in [3.8, 4) is 0 Å². The van der Waals surface area contributed by atoms with Crippen molar-refractivity contribution in [1.82, 2.24) is 5.32 Å². The lowest BCUT2D eigenvalue weighted by atomic mass is 10.1. The van der Waals surface area contributed by atoms with Crippen molar-refractivity contribution in [2.75, 3.05) is 6.54 Å². The molecular weight excluding hydrogens is 296 g/mol. The second kappa shape index (κ2) is 8.33. The van der Waals surface area contributed by atoms with Gasteiger partial charge in [-0.3, -0.25) is 10.1 Å². The number of benzene rings is 2. The van der Waals surface area contributed by atoms with Gasteiger partial charge in [-0.05, 0) is 11.6 Å². The number of nitrogens with one attached hydrogen (secondary N) is 1. The van der Waals surface area contributed by atoms with Crippen LogP contribution >= 0.6 is 0 Å². The number of nitro groups is 1. The van der Waals surface area contributed by atoms with Crippen molar-refractivity contribution >= 4 is 17.9 Å². The molecule has 2 aromatic carbocycles. The van der Waals surface area contributed by atoms with Gasteiger partial charge in [0.15, 0.2) is 0 Å². The van der Waals surface area contributed by atoms with E-state index in [1.165, 1.54) is 6.07 Å². The summed E-state index contributed by atoms with van der Waals surface area (Å²) in [6.45, 7) is 0.417. The van der Waals surface area contributed by atoms with Crippen molar-refractivity contribution in [2.24, 2.45) is 0 Å². The van der Waals surface area contributed by atoms with Gasteiger partial charge in [0.25, 0.3) is 5.69 Å². The normalized spacial score (nSPS) is 10.4. The van der Waals surface area contributed by atoms with Crippen molar-refractivity contribution in [1.29, 1.82) is 0 Å². The van der Waals surface area contributed by atoms with E-state index in [4.69, 9.17) is 4.74 Å². The van der Waals surface area contributed by atoms with Crippen LogP contribution in [0.15, 0.2) is 60.7 Å². The van der Waals surface area contributed by atoms with E-state index in [0.717, 1.165) is 5.56 Å². The zero-order chi connectivity index (χ0) is 16.5. The largest absolute Gasteiger partial charge is 0.445 e. The molecular formula is C17H16N2O4. The fourth-order valence-corrected chi connectivity index (χ4v) is 1.90. The van der Waals surface area contributed by atoms with Crippen LogP contribution in [-0.2, 0) is 11.3 Å². The molecule has 0 saturated heterocycles. The number of carbonyl (C=O) groups excluding carboxylic acids is 1. The Kier molecular flexibility index (Phi) is 5.88. The lowest BCUT2D eigenvalue weighted by molar-refractivity contribution is -0.385. The summed E-state index contributed by atoms with van der Waals surface area (Å²) in [4.78, 5) is 21.9. The predicted octanol–water partition coefficient (Wildman–Crippen LogP) is 3.53. The maximum atomic E-state index is 11.5. The van der Waals surface area contributed by atoms with Crippen molar-refractivity contribution in [3.05, 3.63) is 81.9 Å². The first-order valence-corrected chi connectivity index (χ1v) is 7.01. The lowest BCUT2D eigenvalue weighted by Gasteiger charge is -2.05. The number of ether oxygens (including phenoxy) is 1. The number of carbonyl (C=O) groups is 1. The Morgan fingerprint density at radius 1 is 1.13 bits per heavy atom. The van der Waals surface area contributed by atoms with Gasteiger partial charge in [-0.2, -0.15) is 0 Å². The van der Waals surface area contributed by atoms with Gasteiger partial charge in [0, 0.05) is 12.6 Å². The highest BCUT2D eigenvalue weighted by Crippen LogP contribution is 2.18. The number of rotatable bonds is 6. The molecule has 0 aliphatic heterocycles. The first-order valence-electron chi connectivity index (χ1n) is 7.01. The Morgan fingerprint density at radius 3 is 2.57 bits per heavy atom. The van der Waals surface area contributed by atoms with Gasteiger partial charge in [0.05, 0.1) is 10.5 Å². The predicted molar refractivity (Wildman–Crippen MR) is 86.8 cm³/mol. The van der Waals surface area contributed by atoms with Gasteiger partial charge in [-0.15, -0.1) is 0 Å². The van der Waals surface area contributed by atoms with Crippen molar-refractivity contribution in [2.45, 2.75) is 6.61 Å². The first kappa shape index (κ1) is 16.2. The summed E-state index contributed by atoms with van der Waals surface area (Å²) in [6, 6.07) is 15.7. The zero-order valence-corrected chi connectivity index (χ0v) is 12.3. The molecule has 2 aromatic rings. The van der Waals surface area contributed by atoms with Crippen LogP contribution in [0.4, 0.5) is 10.5 Å². The smallest absolute Gasteiger partial charge is 0.407 e. The molecule has 2 rings (SSSR count). The molecule has 0 fully saturated rings. The highest BCUT2D eigenvalue weighted by atomic mass is 16.6. The summed E-state index contributed by atoms with van der Waals surface area (Å²) in [6.07, 6.45) is 2.68. The van der Waals surface area contributed by atoms with E-state index in [-0.39, 0.29) is 18.8 Å². The van der Waals surface area contributed by atoms with Crippen LogP contribution in [0.25, 0.3) is 6.08 Å². The Balaban J connectivity index is 1.78. The third-order valence-electron chi connectivity index (χ3n) is 3.01. The van der Waals surface area contributed by atoms with Gasteiger partial charge in [-0.1, -0.05) is 54.6 Å². The topological polar surface area (TPSA) is 81.5 Å². The number of para-hydroxylation sites is 1. The van der Waals surface area contributed by atoms with E-state index in [1.54, 1.807) is 30.4 Å². The monoisotopic (exact) mass is 312 g/mol. The average molecular weight is 312 g/mol.